The Kier molecular flexibility index (Phi) is 4.02. The lowest BCUT2D eigenvalue weighted by atomic mass is 9.99. The summed E-state index contributed by atoms with van der Waals surface area (Å²) in [7, 11) is 0. The zero-order chi connectivity index (χ0) is 25.5. The summed E-state index contributed by atoms with van der Waals surface area (Å²) in [6.07, 6.45) is 1.51. The van der Waals surface area contributed by atoms with Gasteiger partial charge in [0.2, 0.25) is 0 Å². The highest BCUT2D eigenvalue weighted by molar-refractivity contribution is 6.36. The van der Waals surface area contributed by atoms with E-state index in [4.69, 9.17) is 4.42 Å². The molecule has 0 atom stereocenters. The Bertz CT molecular complexity index is 2390. The predicted octanol–water partition coefficient (Wildman–Crippen LogP) is 9.18. The molecule has 0 bridgehead atoms. The molecule has 0 aliphatic carbocycles. The molecule has 4 nitrogen and oxygen atoms in total. The highest BCUT2D eigenvalue weighted by atomic mass is 16.3. The first-order valence-corrected chi connectivity index (χ1v) is 13.1. The summed E-state index contributed by atoms with van der Waals surface area (Å²) in [6, 6.07) is 43.3. The van der Waals surface area contributed by atoms with Crippen LogP contribution in [-0.4, -0.2) is 14.1 Å². The number of rotatable bonds is 2. The summed E-state index contributed by atoms with van der Waals surface area (Å²) in [6.45, 7) is 0. The lowest BCUT2D eigenvalue weighted by Gasteiger charge is -2.13. The van der Waals surface area contributed by atoms with Crippen molar-refractivity contribution in [3.8, 4) is 11.4 Å². The van der Waals surface area contributed by atoms with Gasteiger partial charge in [0.25, 0.3) is 0 Å². The van der Waals surface area contributed by atoms with Gasteiger partial charge in [0.05, 0.1) is 22.1 Å². The van der Waals surface area contributed by atoms with Crippen molar-refractivity contribution in [2.24, 2.45) is 0 Å². The number of para-hydroxylation sites is 3. The topological polar surface area (TPSA) is 35.9 Å². The van der Waals surface area contributed by atoms with Crippen molar-refractivity contribution in [1.82, 2.24) is 14.1 Å². The van der Waals surface area contributed by atoms with Crippen molar-refractivity contribution in [1.29, 1.82) is 0 Å². The van der Waals surface area contributed by atoms with Gasteiger partial charge in [-0.3, -0.25) is 0 Å². The van der Waals surface area contributed by atoms with E-state index in [0.717, 1.165) is 22.5 Å². The van der Waals surface area contributed by atoms with Gasteiger partial charge in [0, 0.05) is 38.3 Å². The Labute approximate surface area is 222 Å². The molecule has 0 aliphatic rings. The summed E-state index contributed by atoms with van der Waals surface area (Å²) in [5.74, 6) is 0. The van der Waals surface area contributed by atoms with E-state index in [-0.39, 0.29) is 0 Å². The van der Waals surface area contributed by atoms with Crippen LogP contribution < -0.4 is 0 Å². The molecule has 3 aromatic heterocycles. The van der Waals surface area contributed by atoms with E-state index in [1.807, 2.05) is 6.07 Å². The zero-order valence-electron chi connectivity index (χ0n) is 20.9. The van der Waals surface area contributed by atoms with Gasteiger partial charge in [-0.2, -0.15) is 0 Å². The Morgan fingerprint density at radius 2 is 1.10 bits per heavy atom. The maximum Gasteiger partial charge on any atom is 0.181 e. The number of hydrogen-bond acceptors (Lipinski definition) is 2. The fourth-order valence-electron chi connectivity index (χ4n) is 6.49. The smallest absolute Gasteiger partial charge is 0.181 e. The van der Waals surface area contributed by atoms with Crippen molar-refractivity contribution in [2.45, 2.75) is 0 Å². The van der Waals surface area contributed by atoms with E-state index in [1.165, 1.54) is 60.8 Å². The van der Waals surface area contributed by atoms with Crippen molar-refractivity contribution < 1.29 is 4.42 Å². The molecule has 3 heterocycles. The lowest BCUT2D eigenvalue weighted by Crippen LogP contribution is -1.96. The summed E-state index contributed by atoms with van der Waals surface area (Å²) < 4.78 is 10.4. The number of benzene rings is 6. The molecule has 182 valence electrons. The Morgan fingerprint density at radius 1 is 0.487 bits per heavy atom. The van der Waals surface area contributed by atoms with E-state index in [0.29, 0.717) is 0 Å². The summed E-state index contributed by atoms with van der Waals surface area (Å²) in [5.41, 5.74) is 8.65. The first-order valence-electron chi connectivity index (χ1n) is 13.1. The SMILES string of the molecule is c1ccc(-n2c3ccccc3c3c2c2ccccc2c2c4ccccc4n(-c4ccc5ocnc5c4)c23)cc1. The van der Waals surface area contributed by atoms with E-state index >= 15 is 0 Å². The monoisotopic (exact) mass is 499 g/mol. The first kappa shape index (κ1) is 20.7. The van der Waals surface area contributed by atoms with Gasteiger partial charge in [-0.1, -0.05) is 78.9 Å². The standard InChI is InChI=1S/C35H21N3O/c1-2-10-22(11-3-1)37-30-17-9-7-15-27(30)33-34(37)25-13-5-4-12-24(25)32-26-14-6-8-16-29(26)38(35(32)33)23-18-19-31-28(20-23)36-21-39-31/h1-21H. The molecule has 6 aromatic carbocycles. The molecule has 9 rings (SSSR count). The lowest BCUT2D eigenvalue weighted by molar-refractivity contribution is 0.602. The average molecular weight is 500 g/mol. The molecule has 9 aromatic rings. The van der Waals surface area contributed by atoms with Crippen LogP contribution in [0.3, 0.4) is 0 Å². The molecule has 39 heavy (non-hydrogen) atoms. The van der Waals surface area contributed by atoms with Gasteiger partial charge in [-0.15, -0.1) is 0 Å². The van der Waals surface area contributed by atoms with Gasteiger partial charge < -0.3 is 13.6 Å². The Morgan fingerprint density at radius 3 is 1.87 bits per heavy atom. The summed E-state index contributed by atoms with van der Waals surface area (Å²) in [5, 5.41) is 7.48. The minimum Gasteiger partial charge on any atom is -0.443 e. The van der Waals surface area contributed by atoms with Gasteiger partial charge in [-0.25, -0.2) is 4.98 Å². The number of nitrogens with zero attached hydrogens (tertiary/aromatic N) is 3. The van der Waals surface area contributed by atoms with Gasteiger partial charge >= 0.3 is 0 Å². The largest absolute Gasteiger partial charge is 0.443 e. The number of fused-ring (bicyclic) bond motifs is 11. The number of oxazole rings is 1. The zero-order valence-corrected chi connectivity index (χ0v) is 20.9. The normalized spacial score (nSPS) is 12.1. The highest BCUT2D eigenvalue weighted by Crippen LogP contribution is 2.46. The van der Waals surface area contributed by atoms with E-state index in [2.05, 4.69) is 129 Å². The molecular formula is C35H21N3O. The second-order valence-electron chi connectivity index (χ2n) is 10.0. The fraction of sp³-hybridized carbons (Fsp3) is 0. The molecular weight excluding hydrogens is 478 g/mol. The highest BCUT2D eigenvalue weighted by Gasteiger charge is 2.24. The van der Waals surface area contributed by atoms with Crippen LogP contribution in [0.15, 0.2) is 132 Å². The van der Waals surface area contributed by atoms with Crippen molar-refractivity contribution in [3.63, 3.8) is 0 Å². The molecule has 0 fully saturated rings. The van der Waals surface area contributed by atoms with E-state index in [1.54, 1.807) is 0 Å². The molecule has 0 unspecified atom stereocenters. The van der Waals surface area contributed by atoms with Gasteiger partial charge in [0.15, 0.2) is 12.0 Å². The van der Waals surface area contributed by atoms with Crippen LogP contribution in [0.25, 0.3) is 76.9 Å². The molecule has 4 heteroatoms. The maximum atomic E-state index is 5.58. The molecule has 0 amide bonds. The third-order valence-electron chi connectivity index (χ3n) is 8.02. The minimum absolute atomic E-state index is 0.788. The first-order chi connectivity index (χ1) is 19.4. The van der Waals surface area contributed by atoms with Crippen LogP contribution >= 0.6 is 0 Å². The van der Waals surface area contributed by atoms with Gasteiger partial charge in [0.1, 0.15) is 5.52 Å². The molecule has 0 N–H and O–H groups in total. The second-order valence-corrected chi connectivity index (χ2v) is 10.0. The number of aromatic nitrogens is 3. The van der Waals surface area contributed by atoms with Crippen LogP contribution in [0.5, 0.6) is 0 Å². The molecule has 0 saturated carbocycles. The molecule has 0 aliphatic heterocycles. The summed E-state index contributed by atoms with van der Waals surface area (Å²) in [4.78, 5) is 4.47. The van der Waals surface area contributed by atoms with Crippen LogP contribution in [0.4, 0.5) is 0 Å². The van der Waals surface area contributed by atoms with Crippen molar-refractivity contribution >= 4 is 65.5 Å². The fourth-order valence-corrected chi connectivity index (χ4v) is 6.49. The second kappa shape index (κ2) is 7.59. The minimum atomic E-state index is 0.788. The average Bonchev–Trinajstić information content (AvgIpc) is 3.70. The molecule has 0 spiro atoms. The van der Waals surface area contributed by atoms with E-state index < -0.39 is 0 Å². The van der Waals surface area contributed by atoms with Crippen LogP contribution in [0.2, 0.25) is 0 Å². The van der Waals surface area contributed by atoms with Crippen LogP contribution in [-0.2, 0) is 0 Å². The Balaban J connectivity index is 1.63. The quantitative estimate of drug-likeness (QED) is 0.238. The predicted molar refractivity (Wildman–Crippen MR) is 160 cm³/mol. The van der Waals surface area contributed by atoms with Crippen LogP contribution in [0, 0.1) is 0 Å². The summed E-state index contributed by atoms with van der Waals surface area (Å²) >= 11 is 0. The van der Waals surface area contributed by atoms with Gasteiger partial charge in [-0.05, 0) is 47.9 Å². The van der Waals surface area contributed by atoms with Crippen molar-refractivity contribution in [3.05, 3.63) is 128 Å². The maximum absolute atomic E-state index is 5.58. The third-order valence-corrected chi connectivity index (χ3v) is 8.02. The number of hydrogen-bond donors (Lipinski definition) is 0. The van der Waals surface area contributed by atoms with Crippen LogP contribution in [0.1, 0.15) is 0 Å². The molecule has 0 radical (unpaired) electrons. The van der Waals surface area contributed by atoms with E-state index in [9.17, 15) is 0 Å². The Hall–Kier alpha value is -5.35. The molecule has 0 saturated heterocycles. The third kappa shape index (κ3) is 2.70. The van der Waals surface area contributed by atoms with Crippen molar-refractivity contribution in [2.75, 3.05) is 0 Å².